The predicted molar refractivity (Wildman–Crippen MR) is 76.3 cm³/mol. The van der Waals surface area contributed by atoms with Gasteiger partial charge in [-0.15, -0.1) is 0 Å². The Labute approximate surface area is 116 Å². The second-order valence-electron chi connectivity index (χ2n) is 4.17. The number of nitro groups is 1. The summed E-state index contributed by atoms with van der Waals surface area (Å²) in [7, 11) is -3.44. The molecule has 2 rings (SSSR count). The smallest absolute Gasteiger partial charge is 0.258 e. The van der Waals surface area contributed by atoms with E-state index in [1.807, 2.05) is 0 Å². The van der Waals surface area contributed by atoms with Gasteiger partial charge in [0.25, 0.3) is 5.69 Å². The molecule has 0 fully saturated rings. The van der Waals surface area contributed by atoms with Gasteiger partial charge in [0.15, 0.2) is 9.84 Å². The van der Waals surface area contributed by atoms with E-state index in [2.05, 4.69) is 0 Å². The highest BCUT2D eigenvalue weighted by molar-refractivity contribution is 7.91. The summed E-state index contributed by atoms with van der Waals surface area (Å²) in [4.78, 5) is 10.7. The van der Waals surface area contributed by atoms with Gasteiger partial charge in [0.05, 0.1) is 21.1 Å². The van der Waals surface area contributed by atoms with Gasteiger partial charge in [-0.25, -0.2) is 8.42 Å². The molecule has 0 amide bonds. The highest BCUT2D eigenvalue weighted by Crippen LogP contribution is 2.34. The Balaban J connectivity index is 2.76. The summed E-state index contributed by atoms with van der Waals surface area (Å²) in [5, 5.41) is 11.1. The number of hydrogen-bond acceptors (Lipinski definition) is 4. The molecule has 0 aliphatic heterocycles. The molecule has 20 heavy (non-hydrogen) atoms. The van der Waals surface area contributed by atoms with Crippen LogP contribution in [0.1, 0.15) is 6.92 Å². The molecule has 0 heterocycles. The van der Waals surface area contributed by atoms with Gasteiger partial charge < -0.3 is 0 Å². The molecule has 0 unspecified atom stereocenters. The maximum absolute atomic E-state index is 12.1. The molecule has 0 N–H and O–H groups in total. The predicted octanol–water partition coefficient (Wildman–Crippen LogP) is 3.06. The van der Waals surface area contributed by atoms with Crippen molar-refractivity contribution in [3.8, 4) is 11.1 Å². The fourth-order valence-electron chi connectivity index (χ4n) is 1.98. The van der Waals surface area contributed by atoms with E-state index in [9.17, 15) is 18.5 Å². The maximum atomic E-state index is 12.1. The SMILES string of the molecule is CCS(=O)(=O)c1ccccc1-c1ccccc1[N+](=O)[O-]. The third-order valence-electron chi connectivity index (χ3n) is 2.99. The first-order chi connectivity index (χ1) is 9.47. The molecule has 0 atom stereocenters. The summed E-state index contributed by atoms with van der Waals surface area (Å²) < 4.78 is 24.2. The topological polar surface area (TPSA) is 77.3 Å². The van der Waals surface area contributed by atoms with Gasteiger partial charge in [0, 0.05) is 11.6 Å². The first kappa shape index (κ1) is 14.2. The van der Waals surface area contributed by atoms with Gasteiger partial charge >= 0.3 is 0 Å². The first-order valence-electron chi connectivity index (χ1n) is 6.03. The molecule has 0 aliphatic carbocycles. The van der Waals surface area contributed by atoms with Gasteiger partial charge in [-0.2, -0.15) is 0 Å². The van der Waals surface area contributed by atoms with Crippen molar-refractivity contribution in [1.29, 1.82) is 0 Å². The average molecular weight is 291 g/mol. The zero-order chi connectivity index (χ0) is 14.8. The second-order valence-corrected chi connectivity index (χ2v) is 6.42. The number of hydrogen-bond donors (Lipinski definition) is 0. The van der Waals surface area contributed by atoms with Crippen molar-refractivity contribution in [2.24, 2.45) is 0 Å². The van der Waals surface area contributed by atoms with E-state index in [-0.39, 0.29) is 16.3 Å². The van der Waals surface area contributed by atoms with Crippen molar-refractivity contribution in [2.75, 3.05) is 5.75 Å². The summed E-state index contributed by atoms with van der Waals surface area (Å²) in [6.45, 7) is 1.55. The molecule has 0 aromatic heterocycles. The zero-order valence-electron chi connectivity index (χ0n) is 10.8. The molecular formula is C14H13NO4S. The van der Waals surface area contributed by atoms with Crippen LogP contribution < -0.4 is 0 Å². The summed E-state index contributed by atoms with van der Waals surface area (Å²) in [6, 6.07) is 12.5. The van der Waals surface area contributed by atoms with E-state index < -0.39 is 14.8 Å². The van der Waals surface area contributed by atoms with Crippen molar-refractivity contribution in [3.05, 3.63) is 58.6 Å². The number of benzene rings is 2. The molecule has 104 valence electrons. The van der Waals surface area contributed by atoms with Crippen molar-refractivity contribution >= 4 is 15.5 Å². The van der Waals surface area contributed by atoms with Gasteiger partial charge in [-0.1, -0.05) is 37.3 Å². The lowest BCUT2D eigenvalue weighted by Gasteiger charge is -2.09. The molecule has 0 saturated carbocycles. The third-order valence-corrected chi connectivity index (χ3v) is 4.78. The van der Waals surface area contributed by atoms with E-state index >= 15 is 0 Å². The summed E-state index contributed by atoms with van der Waals surface area (Å²) >= 11 is 0. The Hall–Kier alpha value is -2.21. The van der Waals surface area contributed by atoms with E-state index in [1.165, 1.54) is 12.1 Å². The Morgan fingerprint density at radius 2 is 1.55 bits per heavy atom. The molecule has 0 spiro atoms. The monoisotopic (exact) mass is 291 g/mol. The van der Waals surface area contributed by atoms with Crippen LogP contribution in [-0.2, 0) is 9.84 Å². The molecular weight excluding hydrogens is 278 g/mol. The molecule has 0 saturated heterocycles. The van der Waals surface area contributed by atoms with Crippen LogP contribution in [0.2, 0.25) is 0 Å². The molecule has 5 nitrogen and oxygen atoms in total. The van der Waals surface area contributed by atoms with Crippen molar-refractivity contribution in [3.63, 3.8) is 0 Å². The van der Waals surface area contributed by atoms with Crippen LogP contribution in [0.25, 0.3) is 11.1 Å². The lowest BCUT2D eigenvalue weighted by Crippen LogP contribution is -2.06. The zero-order valence-corrected chi connectivity index (χ0v) is 11.6. The standard InChI is InChI=1S/C14H13NO4S/c1-2-20(18,19)14-10-6-4-8-12(14)11-7-3-5-9-13(11)15(16)17/h3-10H,2H2,1H3. The summed E-state index contributed by atoms with van der Waals surface area (Å²) in [5.41, 5.74) is 0.568. The average Bonchev–Trinajstić information content (AvgIpc) is 2.47. The maximum Gasteiger partial charge on any atom is 0.277 e. The van der Waals surface area contributed by atoms with Gasteiger partial charge in [-0.3, -0.25) is 10.1 Å². The third kappa shape index (κ3) is 2.55. The van der Waals surface area contributed by atoms with Gasteiger partial charge in [0.2, 0.25) is 0 Å². The molecule has 0 radical (unpaired) electrons. The highest BCUT2D eigenvalue weighted by Gasteiger charge is 2.22. The fourth-order valence-corrected chi connectivity index (χ4v) is 3.09. The number of sulfone groups is 1. The highest BCUT2D eigenvalue weighted by atomic mass is 32.2. The van der Waals surface area contributed by atoms with E-state index in [0.29, 0.717) is 11.1 Å². The van der Waals surface area contributed by atoms with Gasteiger partial charge in [0.1, 0.15) is 0 Å². The Morgan fingerprint density at radius 1 is 1.00 bits per heavy atom. The van der Waals surface area contributed by atoms with E-state index in [0.717, 1.165) is 0 Å². The normalized spacial score (nSPS) is 11.2. The van der Waals surface area contributed by atoms with Crippen LogP contribution in [0, 0.1) is 10.1 Å². The molecule has 6 heteroatoms. The fraction of sp³-hybridized carbons (Fsp3) is 0.143. The van der Waals surface area contributed by atoms with Crippen LogP contribution in [0.5, 0.6) is 0 Å². The largest absolute Gasteiger partial charge is 0.277 e. The minimum Gasteiger partial charge on any atom is -0.258 e. The minimum absolute atomic E-state index is 0.0509. The lowest BCUT2D eigenvalue weighted by atomic mass is 10.0. The van der Waals surface area contributed by atoms with Crippen LogP contribution in [-0.4, -0.2) is 19.1 Å². The number of rotatable bonds is 4. The van der Waals surface area contributed by atoms with Crippen molar-refractivity contribution in [2.45, 2.75) is 11.8 Å². The second kappa shape index (κ2) is 5.42. The van der Waals surface area contributed by atoms with Crippen LogP contribution in [0.4, 0.5) is 5.69 Å². The van der Waals surface area contributed by atoms with Crippen LogP contribution in [0.3, 0.4) is 0 Å². The van der Waals surface area contributed by atoms with E-state index in [1.54, 1.807) is 43.3 Å². The van der Waals surface area contributed by atoms with Crippen LogP contribution >= 0.6 is 0 Å². The van der Waals surface area contributed by atoms with E-state index in [4.69, 9.17) is 0 Å². The van der Waals surface area contributed by atoms with Crippen molar-refractivity contribution in [1.82, 2.24) is 0 Å². The Morgan fingerprint density at radius 3 is 2.15 bits per heavy atom. The summed E-state index contributed by atoms with van der Waals surface area (Å²) in [5.74, 6) is -0.0509. The molecule has 0 aliphatic rings. The quantitative estimate of drug-likeness (QED) is 0.640. The summed E-state index contributed by atoms with van der Waals surface area (Å²) in [6.07, 6.45) is 0. The molecule has 2 aromatic carbocycles. The van der Waals surface area contributed by atoms with Crippen LogP contribution in [0.15, 0.2) is 53.4 Å². The number of para-hydroxylation sites is 1. The lowest BCUT2D eigenvalue weighted by molar-refractivity contribution is -0.384. The van der Waals surface area contributed by atoms with Gasteiger partial charge in [-0.05, 0) is 12.1 Å². The number of nitrogens with zero attached hydrogens (tertiary/aromatic N) is 1. The number of nitro benzene ring substituents is 1. The molecule has 0 bridgehead atoms. The molecule has 2 aromatic rings. The van der Waals surface area contributed by atoms with Crippen molar-refractivity contribution < 1.29 is 13.3 Å². The Kier molecular flexibility index (Phi) is 3.85. The minimum atomic E-state index is -3.44. The first-order valence-corrected chi connectivity index (χ1v) is 7.68. The Bertz CT molecular complexity index is 753.